The lowest BCUT2D eigenvalue weighted by atomic mass is 10.1. The quantitative estimate of drug-likeness (QED) is 0.298. The molecule has 184 valence electrons. The van der Waals surface area contributed by atoms with Crippen molar-refractivity contribution in [2.24, 2.45) is 4.99 Å². The highest BCUT2D eigenvalue weighted by molar-refractivity contribution is 8.16. The number of aliphatic imine (C=N–C) groups is 1. The summed E-state index contributed by atoms with van der Waals surface area (Å²) in [6, 6.07) is 6.11. The number of rotatable bonds is 11. The monoisotopic (exact) mass is 485 g/mol. The van der Waals surface area contributed by atoms with Crippen LogP contribution in [0.25, 0.3) is 0 Å². The summed E-state index contributed by atoms with van der Waals surface area (Å²) < 4.78 is 12.3. The standard InChI is InChI=1S/C27H36FN3O2S/c1-6-9-13-23(8-3)30-24(32)21(11-7-2)12-10-18-27(5)25(33)31-26(34-27)29-19(4)20-14-16-22(28)17-15-20/h7,10-12,14-19,23H,6,8-9,13H2,1-5H3,(H,30,32)(H,29,31,33)/b11-7-,18-10+,21-12+/t19-,23?,27?/m0/s1. The van der Waals surface area contributed by atoms with Gasteiger partial charge in [-0.05, 0) is 57.4 Å². The van der Waals surface area contributed by atoms with Gasteiger partial charge < -0.3 is 10.6 Å². The summed E-state index contributed by atoms with van der Waals surface area (Å²) in [6.45, 7) is 9.79. The molecule has 5 nitrogen and oxygen atoms in total. The van der Waals surface area contributed by atoms with Gasteiger partial charge in [-0.2, -0.15) is 0 Å². The topological polar surface area (TPSA) is 70.6 Å². The molecule has 1 aliphatic heterocycles. The molecule has 2 N–H and O–H groups in total. The van der Waals surface area contributed by atoms with E-state index in [-0.39, 0.29) is 29.7 Å². The molecule has 1 aromatic carbocycles. The van der Waals surface area contributed by atoms with Gasteiger partial charge in [0.05, 0.1) is 6.04 Å². The Hall–Kier alpha value is -2.67. The van der Waals surface area contributed by atoms with E-state index < -0.39 is 4.75 Å². The van der Waals surface area contributed by atoms with Crippen molar-refractivity contribution >= 4 is 28.7 Å². The minimum atomic E-state index is -0.845. The third-order valence-electron chi connectivity index (χ3n) is 5.68. The molecule has 1 saturated heterocycles. The van der Waals surface area contributed by atoms with Crippen molar-refractivity contribution in [3.63, 3.8) is 0 Å². The Morgan fingerprint density at radius 1 is 1.29 bits per heavy atom. The minimum absolute atomic E-state index is 0.116. The maximum atomic E-state index is 13.2. The maximum absolute atomic E-state index is 13.2. The van der Waals surface area contributed by atoms with Crippen LogP contribution in [-0.2, 0) is 9.59 Å². The van der Waals surface area contributed by atoms with Crippen molar-refractivity contribution in [2.45, 2.75) is 77.1 Å². The number of halogens is 1. The minimum Gasteiger partial charge on any atom is -0.349 e. The summed E-state index contributed by atoms with van der Waals surface area (Å²) in [5, 5.41) is 6.46. The molecule has 7 heteroatoms. The molecule has 2 amide bonds. The molecule has 2 rings (SSSR count). The molecular formula is C27H36FN3O2S. The van der Waals surface area contributed by atoms with Crippen LogP contribution < -0.4 is 10.6 Å². The Morgan fingerprint density at radius 2 is 2.00 bits per heavy atom. The molecule has 3 atom stereocenters. The number of benzene rings is 1. The van der Waals surface area contributed by atoms with Gasteiger partial charge in [0, 0.05) is 11.6 Å². The van der Waals surface area contributed by atoms with Gasteiger partial charge in [0.15, 0.2) is 5.17 Å². The molecule has 1 heterocycles. The molecular weight excluding hydrogens is 449 g/mol. The van der Waals surface area contributed by atoms with E-state index in [2.05, 4.69) is 29.5 Å². The van der Waals surface area contributed by atoms with Crippen molar-refractivity contribution in [2.75, 3.05) is 0 Å². The van der Waals surface area contributed by atoms with Crippen molar-refractivity contribution in [1.82, 2.24) is 10.6 Å². The Balaban J connectivity index is 2.11. The summed E-state index contributed by atoms with van der Waals surface area (Å²) in [7, 11) is 0. The van der Waals surface area contributed by atoms with E-state index in [4.69, 9.17) is 0 Å². The van der Waals surface area contributed by atoms with Gasteiger partial charge in [0.25, 0.3) is 5.91 Å². The van der Waals surface area contributed by atoms with Crippen molar-refractivity contribution in [3.05, 3.63) is 71.6 Å². The number of hydrogen-bond donors (Lipinski definition) is 2. The second kappa shape index (κ2) is 13.3. The Kier molecular flexibility index (Phi) is 10.8. The summed E-state index contributed by atoms with van der Waals surface area (Å²) >= 11 is 1.32. The fourth-order valence-corrected chi connectivity index (χ4v) is 4.52. The summed E-state index contributed by atoms with van der Waals surface area (Å²) in [5.41, 5.74) is 1.40. The number of amidine groups is 1. The van der Waals surface area contributed by atoms with Gasteiger partial charge in [0.1, 0.15) is 10.6 Å². The molecule has 0 aliphatic carbocycles. The van der Waals surface area contributed by atoms with Gasteiger partial charge in [-0.3, -0.25) is 14.6 Å². The second-order valence-electron chi connectivity index (χ2n) is 8.53. The highest BCUT2D eigenvalue weighted by Crippen LogP contribution is 2.34. The molecule has 0 spiro atoms. The SMILES string of the molecule is C\C=C/C(=C\C=C\C1(C)SC(=N[C@@H](C)c2ccc(F)cc2)NC1=O)C(=O)NC(CC)CCCC. The lowest BCUT2D eigenvalue weighted by molar-refractivity contribution is -0.120. The van der Waals surface area contributed by atoms with Crippen molar-refractivity contribution < 1.29 is 14.0 Å². The number of hydrogen-bond acceptors (Lipinski definition) is 4. The zero-order valence-corrected chi connectivity index (χ0v) is 21.5. The molecule has 0 bridgehead atoms. The molecule has 1 fully saturated rings. The van der Waals surface area contributed by atoms with Crippen LogP contribution >= 0.6 is 11.8 Å². The lowest BCUT2D eigenvalue weighted by Gasteiger charge is -2.17. The fraction of sp³-hybridized carbons (Fsp3) is 0.444. The smallest absolute Gasteiger partial charge is 0.251 e. The van der Waals surface area contributed by atoms with E-state index in [1.807, 2.05) is 26.8 Å². The zero-order chi connectivity index (χ0) is 25.1. The van der Waals surface area contributed by atoms with Gasteiger partial charge in [0.2, 0.25) is 5.91 Å². The van der Waals surface area contributed by atoms with Gasteiger partial charge in [-0.15, -0.1) is 0 Å². The van der Waals surface area contributed by atoms with Crippen LogP contribution in [0.3, 0.4) is 0 Å². The van der Waals surface area contributed by atoms with Crippen LogP contribution in [0.1, 0.15) is 71.9 Å². The number of amides is 2. The Labute approximate surface area is 207 Å². The van der Waals surface area contributed by atoms with Crippen molar-refractivity contribution in [1.29, 1.82) is 0 Å². The first-order chi connectivity index (χ1) is 16.2. The largest absolute Gasteiger partial charge is 0.349 e. The van der Waals surface area contributed by atoms with Crippen LogP contribution in [0.15, 0.2) is 65.2 Å². The highest BCUT2D eigenvalue weighted by atomic mass is 32.2. The predicted octanol–water partition coefficient (Wildman–Crippen LogP) is 6.01. The average molecular weight is 486 g/mol. The third-order valence-corrected chi connectivity index (χ3v) is 6.82. The first-order valence-electron chi connectivity index (χ1n) is 11.9. The van der Waals surface area contributed by atoms with Gasteiger partial charge in [-0.25, -0.2) is 4.39 Å². The molecule has 34 heavy (non-hydrogen) atoms. The summed E-state index contributed by atoms with van der Waals surface area (Å²) in [6.07, 6.45) is 12.9. The van der Waals surface area contributed by atoms with E-state index in [1.54, 1.807) is 36.4 Å². The fourth-order valence-electron chi connectivity index (χ4n) is 3.47. The Morgan fingerprint density at radius 3 is 2.62 bits per heavy atom. The number of allylic oxidation sites excluding steroid dienone is 3. The molecule has 1 aromatic rings. The normalized spacial score (nSPS) is 21.9. The number of nitrogens with one attached hydrogen (secondary N) is 2. The number of nitrogens with zero attached hydrogens (tertiary/aromatic N) is 1. The second-order valence-corrected chi connectivity index (χ2v) is 9.97. The van der Waals surface area contributed by atoms with Crippen LogP contribution in [-0.4, -0.2) is 27.8 Å². The first kappa shape index (κ1) is 27.6. The molecule has 0 saturated carbocycles. The van der Waals surface area contributed by atoms with Crippen LogP contribution in [0, 0.1) is 5.82 Å². The zero-order valence-electron chi connectivity index (χ0n) is 20.7. The van der Waals surface area contributed by atoms with E-state index in [1.165, 1.54) is 23.9 Å². The van der Waals surface area contributed by atoms with E-state index in [0.717, 1.165) is 31.2 Å². The predicted molar refractivity (Wildman–Crippen MR) is 140 cm³/mol. The lowest BCUT2D eigenvalue weighted by Crippen LogP contribution is -2.35. The first-order valence-corrected chi connectivity index (χ1v) is 12.7. The van der Waals surface area contributed by atoms with Crippen molar-refractivity contribution in [3.8, 4) is 0 Å². The van der Waals surface area contributed by atoms with Gasteiger partial charge in [-0.1, -0.05) is 74.9 Å². The number of thioether (sulfide) groups is 1. The molecule has 1 aliphatic rings. The number of unbranched alkanes of at least 4 members (excludes halogenated alkanes) is 1. The van der Waals surface area contributed by atoms with E-state index in [9.17, 15) is 14.0 Å². The maximum Gasteiger partial charge on any atom is 0.251 e. The summed E-state index contributed by atoms with van der Waals surface area (Å²) in [5.74, 6) is -0.584. The molecule has 0 aromatic heterocycles. The number of carbonyl (C=O) groups is 2. The molecule has 2 unspecified atom stereocenters. The van der Waals surface area contributed by atoms with Gasteiger partial charge >= 0.3 is 0 Å². The van der Waals surface area contributed by atoms with E-state index in [0.29, 0.717) is 10.7 Å². The highest BCUT2D eigenvalue weighted by Gasteiger charge is 2.40. The van der Waals surface area contributed by atoms with Crippen LogP contribution in [0.5, 0.6) is 0 Å². The van der Waals surface area contributed by atoms with Crippen LogP contribution in [0.4, 0.5) is 4.39 Å². The number of carbonyl (C=O) groups excluding carboxylic acids is 2. The Bertz CT molecular complexity index is 969. The molecule has 0 radical (unpaired) electrons. The van der Waals surface area contributed by atoms with Crippen LogP contribution in [0.2, 0.25) is 0 Å². The average Bonchev–Trinajstić information content (AvgIpc) is 3.08. The van der Waals surface area contributed by atoms with E-state index >= 15 is 0 Å². The summed E-state index contributed by atoms with van der Waals surface area (Å²) in [4.78, 5) is 30.0. The third kappa shape index (κ3) is 7.97.